The van der Waals surface area contributed by atoms with E-state index in [2.05, 4.69) is 11.8 Å². The Balaban J connectivity index is 2.07. The molecule has 2 unspecified atom stereocenters. The third kappa shape index (κ3) is 22.0. The molecule has 1 saturated heterocycles. The Morgan fingerprint density at radius 2 is 1.31 bits per heavy atom. The molecule has 2 N–H and O–H groups in total. The normalized spacial score (nSPS) is 16.7. The van der Waals surface area contributed by atoms with E-state index < -0.39 is 71.6 Å². The molecule has 3 amide bonds. The van der Waals surface area contributed by atoms with Crippen molar-refractivity contribution in [1.82, 2.24) is 14.7 Å². The van der Waals surface area contributed by atoms with Crippen LogP contribution in [0.5, 0.6) is 0 Å². The molecule has 0 aliphatic carbocycles. The molecule has 18 heteroatoms. The molecule has 18 nitrogen and oxygen atoms in total. The van der Waals surface area contributed by atoms with Gasteiger partial charge in [-0.1, -0.05) is 85.2 Å². The number of carboxylic acid groups (broad SMARTS) is 2. The molecule has 0 spiro atoms. The summed E-state index contributed by atoms with van der Waals surface area (Å²) in [6.07, 6.45) is 0.994. The standard InChI is InChI=1S/C57H87N3O15/c1-12-39(6)54(49(72-10)36-51(66)60-28-16-23-46(60)55(73-11)40(7)47(63)34-42(57(70)71)33-41-19-14-13-15-20-41)59(9)56(69)45(37(2)3)35-48(64)53(38(4)5)58(8)50(65)26-31-74-29-17-21-43(61)24-25-44(62)22-18-30-75-32-27-52(67)68/h13-15,19-20,37-40,42,45-46,49,53-55H,12,16-18,21-23,26-36H2,1-11H3,(H,67,68)(H,70,71)/t39?,40-,42+,45-,46-,49?,53-,54-,55+/m0/s1. The Morgan fingerprint density at radius 3 is 1.81 bits per heavy atom. The van der Waals surface area contributed by atoms with Crippen molar-refractivity contribution in [2.75, 3.05) is 61.3 Å². The zero-order chi connectivity index (χ0) is 56.4. The maximum absolute atomic E-state index is 14.7. The van der Waals surface area contributed by atoms with E-state index >= 15 is 0 Å². The van der Waals surface area contributed by atoms with Crippen molar-refractivity contribution in [3.05, 3.63) is 35.9 Å². The van der Waals surface area contributed by atoms with Gasteiger partial charge in [-0.3, -0.25) is 43.2 Å². The first-order valence-corrected chi connectivity index (χ1v) is 26.6. The number of benzene rings is 1. The minimum atomic E-state index is -1.06. The number of methoxy groups -OCH3 is 2. The maximum atomic E-state index is 14.7. The van der Waals surface area contributed by atoms with Gasteiger partial charge in [0.1, 0.15) is 5.78 Å². The highest BCUT2D eigenvalue weighted by atomic mass is 16.5. The SMILES string of the molecule is CCC(C)[C@@H](C(CC(=O)N1CCC[C@H]1[C@H](OC)[C@@H](C)C(=O)C[C@@H](Cc1ccccc1)C(=O)O)OC)N(C)C(=O)[C@@H](CC(=O)[C@H](C(C)C)N(C)C(=O)CCOCCCC(=O)C#CC(=O)CCCOCCC(=O)O)C(C)C. The number of amides is 3. The number of hydrogen-bond acceptors (Lipinski definition) is 13. The number of carbonyl (C=O) groups excluding carboxylic acids is 7. The van der Waals surface area contributed by atoms with Crippen LogP contribution in [0.25, 0.3) is 0 Å². The van der Waals surface area contributed by atoms with Crippen LogP contribution in [-0.2, 0) is 68.5 Å². The topological polar surface area (TPSA) is 241 Å². The maximum Gasteiger partial charge on any atom is 0.307 e. The number of carbonyl (C=O) groups is 9. The Morgan fingerprint density at radius 1 is 0.720 bits per heavy atom. The quantitative estimate of drug-likeness (QED) is 0.0433. The lowest BCUT2D eigenvalue weighted by Crippen LogP contribution is -2.54. The zero-order valence-electron chi connectivity index (χ0n) is 46.5. The molecule has 1 aliphatic rings. The summed E-state index contributed by atoms with van der Waals surface area (Å²) in [6, 6.07) is 7.33. The van der Waals surface area contributed by atoms with Crippen LogP contribution in [-0.4, -0.2) is 169 Å². The molecule has 9 atom stereocenters. The van der Waals surface area contributed by atoms with Crippen LogP contribution >= 0.6 is 0 Å². The number of likely N-dealkylation sites (N-methyl/N-ethyl adjacent to an activating group) is 2. The second-order valence-electron chi connectivity index (χ2n) is 20.6. The highest BCUT2D eigenvalue weighted by Crippen LogP contribution is 2.32. The number of ether oxygens (including phenoxy) is 4. The molecular weight excluding hydrogens is 967 g/mol. The second-order valence-corrected chi connectivity index (χ2v) is 20.6. The number of likely N-dealkylation sites (tertiary alicyclic amines) is 1. The van der Waals surface area contributed by atoms with Crippen LogP contribution in [0.4, 0.5) is 0 Å². The number of Topliss-reactive ketones (excluding diaryl/α,β-unsaturated/α-hetero) is 4. The molecule has 0 aromatic heterocycles. The van der Waals surface area contributed by atoms with Gasteiger partial charge in [0.2, 0.25) is 29.3 Å². The van der Waals surface area contributed by atoms with Crippen LogP contribution in [0.2, 0.25) is 0 Å². The van der Waals surface area contributed by atoms with Crippen LogP contribution < -0.4 is 0 Å². The largest absolute Gasteiger partial charge is 0.481 e. The summed E-state index contributed by atoms with van der Waals surface area (Å²) in [6.45, 7) is 14.0. The molecule has 1 aliphatic heterocycles. The fourth-order valence-electron chi connectivity index (χ4n) is 9.95. The van der Waals surface area contributed by atoms with Gasteiger partial charge in [0, 0.05) is 85.6 Å². The highest BCUT2D eigenvalue weighted by molar-refractivity contribution is 6.04. The molecule has 75 heavy (non-hydrogen) atoms. The van der Waals surface area contributed by atoms with E-state index in [0.717, 1.165) is 5.56 Å². The zero-order valence-corrected chi connectivity index (χ0v) is 46.5. The minimum absolute atomic E-state index is 0.0257. The van der Waals surface area contributed by atoms with Crippen molar-refractivity contribution in [2.24, 2.45) is 35.5 Å². The third-order valence-corrected chi connectivity index (χ3v) is 14.4. The van der Waals surface area contributed by atoms with E-state index in [1.807, 2.05) is 71.9 Å². The van der Waals surface area contributed by atoms with Crippen molar-refractivity contribution in [1.29, 1.82) is 0 Å². The number of hydrogen-bond donors (Lipinski definition) is 2. The second kappa shape index (κ2) is 34.3. The van der Waals surface area contributed by atoms with Gasteiger partial charge in [-0.15, -0.1) is 0 Å². The Labute approximate surface area is 445 Å². The van der Waals surface area contributed by atoms with Crippen molar-refractivity contribution in [3.63, 3.8) is 0 Å². The number of aliphatic carboxylic acids is 2. The van der Waals surface area contributed by atoms with Gasteiger partial charge in [0.15, 0.2) is 5.78 Å². The molecular formula is C57H87N3O15. The minimum Gasteiger partial charge on any atom is -0.481 e. The first-order chi connectivity index (χ1) is 35.5. The van der Waals surface area contributed by atoms with Gasteiger partial charge in [0.05, 0.1) is 68.7 Å². The number of rotatable bonds is 37. The van der Waals surface area contributed by atoms with E-state index in [4.69, 9.17) is 24.1 Å². The van der Waals surface area contributed by atoms with E-state index in [0.29, 0.717) is 38.6 Å². The van der Waals surface area contributed by atoms with Crippen LogP contribution in [0.1, 0.15) is 131 Å². The molecule has 2 rings (SSSR count). The Hall–Kier alpha value is -5.35. The van der Waals surface area contributed by atoms with E-state index in [1.165, 1.54) is 19.1 Å². The number of ketones is 4. The van der Waals surface area contributed by atoms with Gasteiger partial charge < -0.3 is 43.9 Å². The Kier molecular flexibility index (Phi) is 30.1. The lowest BCUT2D eigenvalue weighted by atomic mass is 9.83. The molecule has 0 bridgehead atoms. The fourth-order valence-corrected chi connectivity index (χ4v) is 9.95. The Bertz CT molecular complexity index is 2080. The predicted octanol–water partition coefficient (Wildman–Crippen LogP) is 6.12. The van der Waals surface area contributed by atoms with Gasteiger partial charge >= 0.3 is 11.9 Å². The first-order valence-electron chi connectivity index (χ1n) is 26.6. The summed E-state index contributed by atoms with van der Waals surface area (Å²) in [5, 5.41) is 18.6. The van der Waals surface area contributed by atoms with E-state index in [-0.39, 0.29) is 125 Å². The van der Waals surface area contributed by atoms with Crippen LogP contribution in [0.3, 0.4) is 0 Å². The van der Waals surface area contributed by atoms with E-state index in [1.54, 1.807) is 30.8 Å². The molecule has 1 fully saturated rings. The van der Waals surface area contributed by atoms with Crippen molar-refractivity contribution >= 4 is 52.8 Å². The fraction of sp³-hybridized carbons (Fsp3) is 0.702. The highest BCUT2D eigenvalue weighted by Gasteiger charge is 2.44. The summed E-state index contributed by atoms with van der Waals surface area (Å²) in [5.41, 5.74) is 0.819. The lowest BCUT2D eigenvalue weighted by Gasteiger charge is -2.41. The number of carboxylic acids is 2. The lowest BCUT2D eigenvalue weighted by molar-refractivity contribution is -0.150. The summed E-state index contributed by atoms with van der Waals surface area (Å²) < 4.78 is 22.8. The van der Waals surface area contributed by atoms with Gasteiger partial charge in [0.25, 0.3) is 0 Å². The van der Waals surface area contributed by atoms with E-state index in [9.17, 15) is 48.3 Å². The molecule has 0 saturated carbocycles. The van der Waals surface area contributed by atoms with Crippen LogP contribution in [0, 0.1) is 47.3 Å². The summed E-state index contributed by atoms with van der Waals surface area (Å²) in [7, 11) is 6.25. The monoisotopic (exact) mass is 1050 g/mol. The van der Waals surface area contributed by atoms with Gasteiger partial charge in [-0.25, -0.2) is 0 Å². The average Bonchev–Trinajstić information content (AvgIpc) is 3.86. The van der Waals surface area contributed by atoms with Crippen molar-refractivity contribution < 1.29 is 72.3 Å². The molecule has 0 radical (unpaired) electrons. The molecule has 1 aromatic carbocycles. The predicted molar refractivity (Wildman–Crippen MR) is 281 cm³/mol. The van der Waals surface area contributed by atoms with Gasteiger partial charge in [-0.05, 0) is 67.3 Å². The summed E-state index contributed by atoms with van der Waals surface area (Å²) in [5.74, 6) is -2.63. The summed E-state index contributed by atoms with van der Waals surface area (Å²) in [4.78, 5) is 122. The summed E-state index contributed by atoms with van der Waals surface area (Å²) >= 11 is 0. The molecule has 1 aromatic rings. The van der Waals surface area contributed by atoms with Gasteiger partial charge in [-0.2, -0.15) is 0 Å². The van der Waals surface area contributed by atoms with Crippen molar-refractivity contribution in [2.45, 2.75) is 162 Å². The average molecular weight is 1050 g/mol. The van der Waals surface area contributed by atoms with Crippen molar-refractivity contribution in [3.8, 4) is 11.8 Å². The van der Waals surface area contributed by atoms with Crippen LogP contribution in [0.15, 0.2) is 30.3 Å². The smallest absolute Gasteiger partial charge is 0.307 e. The molecule has 1 heterocycles. The first kappa shape index (κ1) is 65.8. The number of nitrogens with zero attached hydrogens (tertiary/aromatic N) is 3. The third-order valence-electron chi connectivity index (χ3n) is 14.4. The molecule has 420 valence electrons.